The standard InChI is InChI=1S/C27H24ClNO5S/c1-4-14-34-22-7-5-6-19(16-22)24-26(35(32,33)23-12-9-20(28)10-13-23)25(30)27(31)29(24)21-11-8-17(2)18(3)15-21/h4-13,15-16,24,30H,1,14H2,2-3H3/t24-/m1/s1. The fourth-order valence-electron chi connectivity index (χ4n) is 3.97. The monoisotopic (exact) mass is 509 g/mol. The summed E-state index contributed by atoms with van der Waals surface area (Å²) < 4.78 is 33.2. The summed E-state index contributed by atoms with van der Waals surface area (Å²) in [5.74, 6) is -1.15. The van der Waals surface area contributed by atoms with Crippen LogP contribution in [-0.2, 0) is 14.6 Å². The Bertz CT molecular complexity index is 1440. The molecule has 0 saturated carbocycles. The normalized spacial score (nSPS) is 16.0. The molecule has 6 nitrogen and oxygen atoms in total. The Morgan fingerprint density at radius 3 is 2.43 bits per heavy atom. The zero-order valence-corrected chi connectivity index (χ0v) is 20.8. The van der Waals surface area contributed by atoms with Crippen LogP contribution in [0.3, 0.4) is 0 Å². The molecule has 0 aromatic heterocycles. The number of benzene rings is 3. The van der Waals surface area contributed by atoms with Gasteiger partial charge in [-0.05, 0) is 79.1 Å². The summed E-state index contributed by atoms with van der Waals surface area (Å²) in [6.45, 7) is 7.73. The van der Waals surface area contributed by atoms with Crippen LogP contribution in [0.1, 0.15) is 22.7 Å². The Balaban J connectivity index is 1.93. The quantitative estimate of drug-likeness (QED) is 0.404. The Hall–Kier alpha value is -3.55. The predicted molar refractivity (Wildman–Crippen MR) is 137 cm³/mol. The van der Waals surface area contributed by atoms with Gasteiger partial charge in [-0.3, -0.25) is 9.69 Å². The van der Waals surface area contributed by atoms with E-state index in [-0.39, 0.29) is 11.5 Å². The number of halogens is 1. The van der Waals surface area contributed by atoms with Crippen LogP contribution < -0.4 is 9.64 Å². The van der Waals surface area contributed by atoms with Crippen molar-refractivity contribution >= 4 is 33.0 Å². The van der Waals surface area contributed by atoms with Crippen LogP contribution in [0.5, 0.6) is 5.75 Å². The summed E-state index contributed by atoms with van der Waals surface area (Å²) in [5, 5.41) is 11.3. The molecule has 1 N–H and O–H groups in total. The van der Waals surface area contributed by atoms with Crippen LogP contribution >= 0.6 is 11.6 Å². The second-order valence-electron chi connectivity index (χ2n) is 8.19. The molecule has 1 aliphatic rings. The maximum Gasteiger partial charge on any atom is 0.295 e. The Kier molecular flexibility index (Phi) is 6.74. The van der Waals surface area contributed by atoms with Crippen molar-refractivity contribution in [3.63, 3.8) is 0 Å². The van der Waals surface area contributed by atoms with E-state index in [2.05, 4.69) is 6.58 Å². The fourth-order valence-corrected chi connectivity index (χ4v) is 5.72. The van der Waals surface area contributed by atoms with E-state index in [1.54, 1.807) is 42.5 Å². The SMILES string of the molecule is C=CCOc1cccc([C@@H]2C(S(=O)(=O)c3ccc(Cl)cc3)=C(O)C(=O)N2c2ccc(C)c(C)c2)c1. The van der Waals surface area contributed by atoms with Crippen LogP contribution in [0, 0.1) is 13.8 Å². The molecule has 3 aromatic carbocycles. The van der Waals surface area contributed by atoms with Gasteiger partial charge in [0.1, 0.15) is 23.3 Å². The number of amides is 1. The average molecular weight is 510 g/mol. The second-order valence-corrected chi connectivity index (χ2v) is 10.5. The van der Waals surface area contributed by atoms with E-state index in [0.717, 1.165) is 11.1 Å². The summed E-state index contributed by atoms with van der Waals surface area (Å²) in [6, 6.07) is 16.6. The van der Waals surface area contributed by atoms with Crippen molar-refractivity contribution in [3.8, 4) is 5.75 Å². The third-order valence-electron chi connectivity index (χ3n) is 5.89. The van der Waals surface area contributed by atoms with Gasteiger partial charge in [0.2, 0.25) is 9.84 Å². The number of sulfone groups is 1. The van der Waals surface area contributed by atoms with E-state index in [1.807, 2.05) is 19.9 Å². The largest absolute Gasteiger partial charge is 0.502 e. The van der Waals surface area contributed by atoms with E-state index in [4.69, 9.17) is 16.3 Å². The number of carbonyl (C=O) groups excluding carboxylic acids is 1. The molecule has 0 spiro atoms. The maximum absolute atomic E-state index is 13.8. The number of aryl methyl sites for hydroxylation is 2. The van der Waals surface area contributed by atoms with Crippen LogP contribution in [-0.4, -0.2) is 26.0 Å². The van der Waals surface area contributed by atoms with Crippen molar-refractivity contribution in [2.75, 3.05) is 11.5 Å². The number of ether oxygens (including phenoxy) is 1. The molecule has 1 amide bonds. The van der Waals surface area contributed by atoms with Crippen molar-refractivity contribution in [1.82, 2.24) is 0 Å². The van der Waals surface area contributed by atoms with E-state index in [0.29, 0.717) is 22.0 Å². The second kappa shape index (κ2) is 9.60. The number of hydrogen-bond acceptors (Lipinski definition) is 5. The van der Waals surface area contributed by atoms with Crippen LogP contribution in [0.4, 0.5) is 5.69 Å². The minimum atomic E-state index is -4.27. The highest BCUT2D eigenvalue weighted by Crippen LogP contribution is 2.45. The maximum atomic E-state index is 13.8. The van der Waals surface area contributed by atoms with Crippen LogP contribution in [0.25, 0.3) is 0 Å². The first-order valence-corrected chi connectivity index (χ1v) is 12.7. The first-order valence-electron chi connectivity index (χ1n) is 10.8. The summed E-state index contributed by atoms with van der Waals surface area (Å²) >= 11 is 5.95. The summed E-state index contributed by atoms with van der Waals surface area (Å²) in [4.78, 5) is 14.2. The minimum Gasteiger partial charge on any atom is -0.502 e. The van der Waals surface area contributed by atoms with Gasteiger partial charge in [0, 0.05) is 10.7 Å². The van der Waals surface area contributed by atoms with E-state index in [9.17, 15) is 18.3 Å². The van der Waals surface area contributed by atoms with Gasteiger partial charge in [-0.1, -0.05) is 42.5 Å². The predicted octanol–water partition coefficient (Wildman–Crippen LogP) is 5.85. The number of hydrogen-bond donors (Lipinski definition) is 1. The zero-order valence-electron chi connectivity index (χ0n) is 19.2. The van der Waals surface area contributed by atoms with Gasteiger partial charge in [-0.15, -0.1) is 0 Å². The molecule has 0 fully saturated rings. The lowest BCUT2D eigenvalue weighted by atomic mass is 10.0. The molecule has 0 unspecified atom stereocenters. The Morgan fingerprint density at radius 2 is 1.77 bits per heavy atom. The van der Waals surface area contributed by atoms with Crippen LogP contribution in [0.15, 0.2) is 94.9 Å². The van der Waals surface area contributed by atoms with Crippen molar-refractivity contribution in [3.05, 3.63) is 112 Å². The van der Waals surface area contributed by atoms with Gasteiger partial charge in [0.05, 0.1) is 4.90 Å². The van der Waals surface area contributed by atoms with Gasteiger partial charge >= 0.3 is 0 Å². The molecule has 1 atom stereocenters. The molecule has 1 aliphatic heterocycles. The molecule has 0 radical (unpaired) electrons. The molecule has 0 saturated heterocycles. The first-order chi connectivity index (χ1) is 16.6. The summed E-state index contributed by atoms with van der Waals surface area (Å²) in [5.41, 5.74) is 2.87. The third-order valence-corrected chi connectivity index (χ3v) is 8.03. The van der Waals surface area contributed by atoms with Gasteiger partial charge in [-0.25, -0.2) is 8.42 Å². The highest BCUT2D eigenvalue weighted by Gasteiger charge is 2.47. The summed E-state index contributed by atoms with van der Waals surface area (Å²) in [6.07, 6.45) is 1.59. The number of rotatable bonds is 7. The van der Waals surface area contributed by atoms with Crippen molar-refractivity contribution in [2.45, 2.75) is 24.8 Å². The number of anilines is 1. The lowest BCUT2D eigenvalue weighted by Gasteiger charge is -2.28. The molecule has 4 rings (SSSR count). The molecule has 35 heavy (non-hydrogen) atoms. The van der Waals surface area contributed by atoms with Gasteiger partial charge in [0.25, 0.3) is 5.91 Å². The molecular formula is C27H24ClNO5S. The van der Waals surface area contributed by atoms with Crippen molar-refractivity contribution in [2.24, 2.45) is 0 Å². The van der Waals surface area contributed by atoms with Gasteiger partial charge in [-0.2, -0.15) is 0 Å². The average Bonchev–Trinajstić information content (AvgIpc) is 3.11. The highest BCUT2D eigenvalue weighted by atomic mass is 35.5. The van der Waals surface area contributed by atoms with E-state index in [1.165, 1.54) is 29.2 Å². The minimum absolute atomic E-state index is 0.0813. The Labute approximate surface area is 209 Å². The third kappa shape index (κ3) is 4.57. The van der Waals surface area contributed by atoms with E-state index < -0.39 is 32.5 Å². The molecular weight excluding hydrogens is 486 g/mol. The lowest BCUT2D eigenvalue weighted by molar-refractivity contribution is -0.117. The molecule has 8 heteroatoms. The first kappa shape index (κ1) is 24.6. The zero-order chi connectivity index (χ0) is 25.3. The van der Waals surface area contributed by atoms with Crippen molar-refractivity contribution in [1.29, 1.82) is 0 Å². The molecule has 1 heterocycles. The molecule has 0 bridgehead atoms. The van der Waals surface area contributed by atoms with Gasteiger partial charge in [0.15, 0.2) is 5.76 Å². The molecule has 180 valence electrons. The topological polar surface area (TPSA) is 83.9 Å². The van der Waals surface area contributed by atoms with Gasteiger partial charge < -0.3 is 9.84 Å². The number of nitrogens with zero attached hydrogens (tertiary/aromatic N) is 1. The molecule has 3 aromatic rings. The number of aliphatic hydroxyl groups excluding tert-OH is 1. The Morgan fingerprint density at radius 1 is 1.06 bits per heavy atom. The van der Waals surface area contributed by atoms with Crippen LogP contribution in [0.2, 0.25) is 5.02 Å². The molecule has 0 aliphatic carbocycles. The highest BCUT2D eigenvalue weighted by molar-refractivity contribution is 7.95. The number of carbonyl (C=O) groups is 1. The number of aliphatic hydroxyl groups is 1. The lowest BCUT2D eigenvalue weighted by Crippen LogP contribution is -2.31. The van der Waals surface area contributed by atoms with Crippen molar-refractivity contribution < 1.29 is 23.1 Å². The van der Waals surface area contributed by atoms with E-state index >= 15 is 0 Å². The smallest absolute Gasteiger partial charge is 0.295 e. The fraction of sp³-hybridized carbons (Fsp3) is 0.148. The summed E-state index contributed by atoms with van der Waals surface area (Å²) in [7, 11) is -4.27.